The van der Waals surface area contributed by atoms with Crippen LogP contribution in [0.25, 0.3) is 0 Å². The summed E-state index contributed by atoms with van der Waals surface area (Å²) in [6.45, 7) is 0. The smallest absolute Gasteiger partial charge is 0.220 e. The van der Waals surface area contributed by atoms with Gasteiger partial charge in [0.15, 0.2) is 0 Å². The first kappa shape index (κ1) is 5.89. The molecule has 1 aliphatic carbocycles. The molecule has 0 aromatic heterocycles. The van der Waals surface area contributed by atoms with Crippen molar-refractivity contribution in [2.75, 3.05) is 0 Å². The predicted molar refractivity (Wildman–Crippen MR) is 34.3 cm³/mol. The molecule has 0 aromatic carbocycles. The summed E-state index contributed by atoms with van der Waals surface area (Å²) < 4.78 is 0. The number of rotatable bonds is 1. The Balaban J connectivity index is 2.08. The highest BCUT2D eigenvalue weighted by Gasteiger charge is 2.57. The van der Waals surface area contributed by atoms with Crippen LogP contribution < -0.4 is 5.32 Å². The normalized spacial score (nSPS) is 43.6. The number of hydrogen-bond acceptors (Lipinski definition) is 2. The van der Waals surface area contributed by atoms with Gasteiger partial charge in [-0.15, -0.1) is 0 Å². The van der Waals surface area contributed by atoms with Gasteiger partial charge in [-0.1, -0.05) is 0 Å². The fourth-order valence-electron chi connectivity index (χ4n) is 1.68. The van der Waals surface area contributed by atoms with E-state index in [0.717, 1.165) is 19.1 Å². The lowest BCUT2D eigenvalue weighted by molar-refractivity contribution is -0.119. The Morgan fingerprint density at radius 1 is 1.70 bits per heavy atom. The largest absolute Gasteiger partial charge is 0.350 e. The Hall–Kier alpha value is -0.860. The van der Waals surface area contributed by atoms with Gasteiger partial charge in [0.05, 0.1) is 5.54 Å². The minimum atomic E-state index is -0.0845. The van der Waals surface area contributed by atoms with Crippen LogP contribution in [-0.2, 0) is 9.59 Å². The first-order valence-electron chi connectivity index (χ1n) is 3.53. The molecule has 54 valence electrons. The number of amides is 1. The van der Waals surface area contributed by atoms with Gasteiger partial charge in [0, 0.05) is 12.3 Å². The van der Waals surface area contributed by atoms with Crippen molar-refractivity contribution >= 4 is 12.2 Å². The van der Waals surface area contributed by atoms with Crippen molar-refractivity contribution in [3.05, 3.63) is 0 Å². The third-order valence-corrected chi connectivity index (χ3v) is 2.48. The maximum absolute atomic E-state index is 10.7. The van der Waals surface area contributed by atoms with E-state index in [1.165, 1.54) is 0 Å². The Morgan fingerprint density at radius 2 is 2.50 bits per heavy atom. The zero-order valence-electron chi connectivity index (χ0n) is 5.59. The van der Waals surface area contributed by atoms with Crippen LogP contribution in [0.4, 0.5) is 0 Å². The summed E-state index contributed by atoms with van der Waals surface area (Å²) in [7, 11) is 0. The molecule has 1 amide bonds. The highest BCUT2D eigenvalue weighted by molar-refractivity contribution is 5.82. The van der Waals surface area contributed by atoms with E-state index < -0.39 is 0 Å². The van der Waals surface area contributed by atoms with E-state index in [2.05, 4.69) is 5.32 Å². The van der Waals surface area contributed by atoms with Crippen LogP contribution in [0.15, 0.2) is 0 Å². The van der Waals surface area contributed by atoms with Gasteiger partial charge in [-0.3, -0.25) is 4.79 Å². The number of hydrogen-bond donors (Lipinski definition) is 1. The molecule has 2 atom stereocenters. The number of nitrogens with one attached hydrogen (secondary N) is 1. The second-order valence-corrected chi connectivity index (χ2v) is 3.15. The molecule has 1 heterocycles. The second-order valence-electron chi connectivity index (χ2n) is 3.15. The van der Waals surface area contributed by atoms with Gasteiger partial charge in [0.1, 0.15) is 6.29 Å². The predicted octanol–water partition coefficient (Wildman–Crippen LogP) is -0.146. The summed E-state index contributed by atoms with van der Waals surface area (Å²) >= 11 is 0. The van der Waals surface area contributed by atoms with E-state index in [1.54, 1.807) is 0 Å². The van der Waals surface area contributed by atoms with Crippen molar-refractivity contribution in [1.82, 2.24) is 5.32 Å². The molecule has 10 heavy (non-hydrogen) atoms. The number of carbonyl (C=O) groups is 2. The van der Waals surface area contributed by atoms with Gasteiger partial charge < -0.3 is 10.1 Å². The molecule has 1 saturated heterocycles. The van der Waals surface area contributed by atoms with Crippen LogP contribution in [0.5, 0.6) is 0 Å². The van der Waals surface area contributed by atoms with Crippen LogP contribution in [-0.4, -0.2) is 17.7 Å². The van der Waals surface area contributed by atoms with E-state index in [9.17, 15) is 9.59 Å². The van der Waals surface area contributed by atoms with E-state index in [1.807, 2.05) is 0 Å². The van der Waals surface area contributed by atoms with Crippen molar-refractivity contribution in [1.29, 1.82) is 0 Å². The summed E-state index contributed by atoms with van der Waals surface area (Å²) in [4.78, 5) is 21.0. The van der Waals surface area contributed by atoms with Crippen LogP contribution >= 0.6 is 0 Å². The average Bonchev–Trinajstić information content (AvgIpc) is 2.46. The van der Waals surface area contributed by atoms with E-state index in [4.69, 9.17) is 0 Å². The Labute approximate surface area is 58.8 Å². The van der Waals surface area contributed by atoms with Gasteiger partial charge in [0.25, 0.3) is 0 Å². The maximum Gasteiger partial charge on any atom is 0.220 e. The lowest BCUT2D eigenvalue weighted by Gasteiger charge is -2.04. The van der Waals surface area contributed by atoms with Crippen LogP contribution in [0.2, 0.25) is 0 Å². The summed E-state index contributed by atoms with van der Waals surface area (Å²) in [6, 6.07) is 0. The fourth-order valence-corrected chi connectivity index (χ4v) is 1.68. The quantitative estimate of drug-likeness (QED) is 0.514. The lowest BCUT2D eigenvalue weighted by Crippen LogP contribution is -2.29. The number of aldehydes is 1. The molecule has 3 heteroatoms. The molecule has 0 bridgehead atoms. The van der Waals surface area contributed by atoms with Crippen LogP contribution in [0.1, 0.15) is 19.3 Å². The SMILES string of the molecule is O=C[C@@H]1C[C@@]12CCC(=O)N2. The van der Waals surface area contributed by atoms with Crippen LogP contribution in [0.3, 0.4) is 0 Å². The third kappa shape index (κ3) is 0.602. The van der Waals surface area contributed by atoms with Crippen molar-refractivity contribution in [3.63, 3.8) is 0 Å². The summed E-state index contributed by atoms with van der Waals surface area (Å²) in [5.41, 5.74) is -0.0845. The van der Waals surface area contributed by atoms with Crippen molar-refractivity contribution in [2.45, 2.75) is 24.8 Å². The average molecular weight is 139 g/mol. The molecule has 1 aliphatic heterocycles. The van der Waals surface area contributed by atoms with Gasteiger partial charge in [-0.2, -0.15) is 0 Å². The Kier molecular flexibility index (Phi) is 0.938. The molecule has 2 fully saturated rings. The Morgan fingerprint density at radius 3 is 2.90 bits per heavy atom. The third-order valence-electron chi connectivity index (χ3n) is 2.48. The molecule has 0 radical (unpaired) electrons. The monoisotopic (exact) mass is 139 g/mol. The first-order chi connectivity index (χ1) is 4.77. The van der Waals surface area contributed by atoms with Crippen molar-refractivity contribution < 1.29 is 9.59 Å². The second kappa shape index (κ2) is 1.59. The molecule has 2 rings (SSSR count). The summed E-state index contributed by atoms with van der Waals surface area (Å²) in [5.74, 6) is 0.211. The number of carbonyl (C=O) groups excluding carboxylic acids is 2. The molecular formula is C7H9NO2. The molecule has 1 N–H and O–H groups in total. The first-order valence-corrected chi connectivity index (χ1v) is 3.53. The van der Waals surface area contributed by atoms with E-state index in [0.29, 0.717) is 6.42 Å². The fraction of sp³-hybridized carbons (Fsp3) is 0.714. The van der Waals surface area contributed by atoms with Crippen molar-refractivity contribution in [3.8, 4) is 0 Å². The maximum atomic E-state index is 10.7. The summed E-state index contributed by atoms with van der Waals surface area (Å²) in [5, 5.41) is 2.84. The van der Waals surface area contributed by atoms with E-state index in [-0.39, 0.29) is 17.4 Å². The highest BCUT2D eigenvalue weighted by atomic mass is 16.2. The lowest BCUT2D eigenvalue weighted by atomic mass is 10.2. The highest BCUT2D eigenvalue weighted by Crippen LogP contribution is 2.48. The molecule has 1 saturated carbocycles. The van der Waals surface area contributed by atoms with Gasteiger partial charge >= 0.3 is 0 Å². The molecule has 1 spiro atoms. The van der Waals surface area contributed by atoms with E-state index >= 15 is 0 Å². The summed E-state index contributed by atoms with van der Waals surface area (Å²) in [6.07, 6.45) is 3.27. The van der Waals surface area contributed by atoms with Gasteiger partial charge in [-0.05, 0) is 12.8 Å². The minimum absolute atomic E-state index is 0.0845. The van der Waals surface area contributed by atoms with Gasteiger partial charge in [0.2, 0.25) is 5.91 Å². The topological polar surface area (TPSA) is 46.2 Å². The molecule has 2 aliphatic rings. The molecular weight excluding hydrogens is 130 g/mol. The zero-order valence-corrected chi connectivity index (χ0v) is 5.59. The van der Waals surface area contributed by atoms with Crippen molar-refractivity contribution in [2.24, 2.45) is 5.92 Å². The minimum Gasteiger partial charge on any atom is -0.350 e. The zero-order chi connectivity index (χ0) is 7.19. The standard InChI is InChI=1S/C7H9NO2/c9-4-5-3-7(5)2-1-6(10)8-7/h4-5H,1-3H2,(H,8,10)/t5-,7-/m0/s1. The molecule has 0 unspecified atom stereocenters. The van der Waals surface area contributed by atoms with Crippen LogP contribution in [0, 0.1) is 5.92 Å². The molecule has 3 nitrogen and oxygen atoms in total. The van der Waals surface area contributed by atoms with Gasteiger partial charge in [-0.25, -0.2) is 0 Å². The Bertz CT molecular complexity index is 202. The molecule has 0 aromatic rings.